The fourth-order valence-electron chi connectivity index (χ4n) is 1.75. The largest absolute Gasteiger partial charge is 0.479 e. The number of anilines is 1. The van der Waals surface area contributed by atoms with E-state index in [9.17, 15) is 9.90 Å². The highest BCUT2D eigenvalue weighted by Crippen LogP contribution is 2.17. The lowest BCUT2D eigenvalue weighted by Crippen LogP contribution is -2.21. The minimum Gasteiger partial charge on any atom is -0.479 e. The van der Waals surface area contributed by atoms with E-state index in [1.54, 1.807) is 25.4 Å². The van der Waals surface area contributed by atoms with Gasteiger partial charge in [0.15, 0.2) is 11.7 Å². The summed E-state index contributed by atoms with van der Waals surface area (Å²) in [7, 11) is 1.72. The molecule has 0 radical (unpaired) electrons. The summed E-state index contributed by atoms with van der Waals surface area (Å²) in [6.45, 7) is 0. The Morgan fingerprint density at radius 3 is 3.00 bits per heavy atom. The van der Waals surface area contributed by atoms with Gasteiger partial charge in [0, 0.05) is 18.8 Å². The molecular formula is C10H10N8O2. The van der Waals surface area contributed by atoms with Crippen LogP contribution in [0.5, 0.6) is 0 Å². The summed E-state index contributed by atoms with van der Waals surface area (Å²) in [4.78, 5) is 11.4. The quantitative estimate of drug-likeness (QED) is 0.652. The van der Waals surface area contributed by atoms with Crippen LogP contribution >= 0.6 is 0 Å². The number of carboxylic acids is 1. The van der Waals surface area contributed by atoms with E-state index in [1.807, 2.05) is 0 Å². The van der Waals surface area contributed by atoms with Gasteiger partial charge in [0.2, 0.25) is 0 Å². The molecule has 3 rings (SSSR count). The molecule has 0 aromatic carbocycles. The van der Waals surface area contributed by atoms with Gasteiger partial charge in [-0.05, 0) is 22.6 Å². The molecule has 0 spiro atoms. The SMILES string of the molecule is Cn1cc(C(Nc2ccc3nnnn3n2)C(=O)O)cn1. The van der Waals surface area contributed by atoms with Gasteiger partial charge in [0.25, 0.3) is 0 Å². The van der Waals surface area contributed by atoms with Gasteiger partial charge in [-0.15, -0.1) is 14.8 Å². The van der Waals surface area contributed by atoms with Crippen molar-refractivity contribution < 1.29 is 9.90 Å². The molecule has 0 bridgehead atoms. The summed E-state index contributed by atoms with van der Waals surface area (Å²) in [6.07, 6.45) is 3.11. The standard InChI is InChI=1S/C10H10N8O2/c1-17-5-6(4-11-17)9(10(19)20)12-7-2-3-8-13-15-16-18(8)14-7/h2-5,9H,1H3,(H,12,14)(H,19,20). The van der Waals surface area contributed by atoms with Crippen LogP contribution in [0.15, 0.2) is 24.5 Å². The lowest BCUT2D eigenvalue weighted by molar-refractivity contribution is -0.138. The Morgan fingerprint density at radius 1 is 1.45 bits per heavy atom. The second-order valence-electron chi connectivity index (χ2n) is 4.11. The third kappa shape index (κ3) is 2.13. The first-order valence-corrected chi connectivity index (χ1v) is 5.67. The third-order valence-electron chi connectivity index (χ3n) is 2.67. The molecule has 3 aromatic rings. The normalized spacial score (nSPS) is 12.4. The van der Waals surface area contributed by atoms with Crippen molar-refractivity contribution in [1.82, 2.24) is 35.0 Å². The van der Waals surface area contributed by atoms with Crippen molar-refractivity contribution >= 4 is 17.4 Å². The smallest absolute Gasteiger partial charge is 0.330 e. The molecule has 10 heteroatoms. The van der Waals surface area contributed by atoms with E-state index < -0.39 is 12.0 Å². The van der Waals surface area contributed by atoms with E-state index >= 15 is 0 Å². The van der Waals surface area contributed by atoms with Gasteiger partial charge in [-0.3, -0.25) is 4.68 Å². The van der Waals surface area contributed by atoms with Gasteiger partial charge in [-0.25, -0.2) is 4.79 Å². The highest BCUT2D eigenvalue weighted by Gasteiger charge is 2.21. The maximum Gasteiger partial charge on any atom is 0.330 e. The van der Waals surface area contributed by atoms with Gasteiger partial charge < -0.3 is 10.4 Å². The first kappa shape index (κ1) is 12.0. The summed E-state index contributed by atoms with van der Waals surface area (Å²) in [5.41, 5.74) is 1.00. The molecule has 3 heterocycles. The van der Waals surface area contributed by atoms with Crippen molar-refractivity contribution in [2.75, 3.05) is 5.32 Å². The van der Waals surface area contributed by atoms with Gasteiger partial charge >= 0.3 is 5.97 Å². The molecule has 10 nitrogen and oxygen atoms in total. The maximum atomic E-state index is 11.4. The summed E-state index contributed by atoms with van der Waals surface area (Å²) in [5.74, 6) is -0.683. The molecule has 0 saturated carbocycles. The number of hydrogen-bond acceptors (Lipinski definition) is 7. The van der Waals surface area contributed by atoms with Crippen LogP contribution in [0.1, 0.15) is 11.6 Å². The number of carbonyl (C=O) groups is 1. The van der Waals surface area contributed by atoms with E-state index in [4.69, 9.17) is 0 Å². The van der Waals surface area contributed by atoms with E-state index in [1.165, 1.54) is 15.5 Å². The number of hydrogen-bond donors (Lipinski definition) is 2. The molecule has 0 fully saturated rings. The Bertz CT molecular complexity index is 763. The maximum absolute atomic E-state index is 11.4. The van der Waals surface area contributed by atoms with Crippen molar-refractivity contribution in [1.29, 1.82) is 0 Å². The van der Waals surface area contributed by atoms with Crippen molar-refractivity contribution in [2.45, 2.75) is 6.04 Å². The fraction of sp³-hybridized carbons (Fsp3) is 0.200. The fourth-order valence-corrected chi connectivity index (χ4v) is 1.75. The molecule has 1 atom stereocenters. The number of nitrogens with zero attached hydrogens (tertiary/aromatic N) is 7. The summed E-state index contributed by atoms with van der Waals surface area (Å²) >= 11 is 0. The van der Waals surface area contributed by atoms with Crippen LogP contribution in [-0.4, -0.2) is 46.1 Å². The Hall–Kier alpha value is -3.04. The van der Waals surface area contributed by atoms with Gasteiger partial charge in [-0.2, -0.15) is 5.10 Å². The van der Waals surface area contributed by atoms with Crippen molar-refractivity contribution in [3.63, 3.8) is 0 Å². The molecule has 0 amide bonds. The third-order valence-corrected chi connectivity index (χ3v) is 2.67. The average Bonchev–Trinajstić information content (AvgIpc) is 3.03. The Morgan fingerprint density at radius 2 is 2.30 bits per heavy atom. The topological polar surface area (TPSA) is 123 Å². The molecule has 20 heavy (non-hydrogen) atoms. The Labute approximate surface area is 112 Å². The zero-order chi connectivity index (χ0) is 14.1. The number of fused-ring (bicyclic) bond motifs is 1. The molecule has 102 valence electrons. The van der Waals surface area contributed by atoms with Crippen LogP contribution < -0.4 is 5.32 Å². The number of nitrogens with one attached hydrogen (secondary N) is 1. The Balaban J connectivity index is 1.91. The molecule has 0 aliphatic heterocycles. The molecule has 1 unspecified atom stereocenters. The zero-order valence-electron chi connectivity index (χ0n) is 10.4. The molecular weight excluding hydrogens is 264 g/mol. The Kier molecular flexibility index (Phi) is 2.75. The number of aromatic nitrogens is 7. The summed E-state index contributed by atoms with van der Waals surface area (Å²) < 4.78 is 2.75. The predicted molar refractivity (Wildman–Crippen MR) is 65.8 cm³/mol. The van der Waals surface area contributed by atoms with Crippen LogP contribution in [0, 0.1) is 0 Å². The van der Waals surface area contributed by atoms with Crippen LogP contribution in [0.3, 0.4) is 0 Å². The first-order chi connectivity index (χ1) is 9.63. The molecule has 0 aliphatic rings. The molecule has 0 saturated heterocycles. The highest BCUT2D eigenvalue weighted by molar-refractivity contribution is 5.78. The second kappa shape index (κ2) is 4.57. The number of aliphatic carboxylic acids is 1. The number of carboxylic acid groups (broad SMARTS) is 1. The summed E-state index contributed by atoms with van der Waals surface area (Å²) in [5, 5.41) is 31.0. The predicted octanol–water partition coefficient (Wildman–Crippen LogP) is -0.509. The van der Waals surface area contributed by atoms with Crippen LogP contribution in [0.2, 0.25) is 0 Å². The number of rotatable bonds is 4. The number of aryl methyl sites for hydroxylation is 1. The van der Waals surface area contributed by atoms with Gasteiger partial charge in [0.1, 0.15) is 5.82 Å². The van der Waals surface area contributed by atoms with Gasteiger partial charge in [0.05, 0.1) is 6.20 Å². The highest BCUT2D eigenvalue weighted by atomic mass is 16.4. The van der Waals surface area contributed by atoms with E-state index in [0.717, 1.165) is 0 Å². The summed E-state index contributed by atoms with van der Waals surface area (Å²) in [6, 6.07) is 2.29. The van der Waals surface area contributed by atoms with E-state index in [0.29, 0.717) is 17.0 Å². The van der Waals surface area contributed by atoms with Crippen molar-refractivity contribution in [2.24, 2.45) is 7.05 Å². The monoisotopic (exact) mass is 274 g/mol. The number of tetrazole rings is 1. The minimum absolute atomic E-state index is 0.348. The molecule has 2 N–H and O–H groups in total. The van der Waals surface area contributed by atoms with Gasteiger partial charge in [-0.1, -0.05) is 0 Å². The molecule has 0 aliphatic carbocycles. The van der Waals surface area contributed by atoms with Crippen molar-refractivity contribution in [3.05, 3.63) is 30.1 Å². The van der Waals surface area contributed by atoms with Crippen LogP contribution in [-0.2, 0) is 11.8 Å². The van der Waals surface area contributed by atoms with Crippen molar-refractivity contribution in [3.8, 4) is 0 Å². The zero-order valence-corrected chi connectivity index (χ0v) is 10.4. The van der Waals surface area contributed by atoms with Crippen LogP contribution in [0.4, 0.5) is 5.82 Å². The minimum atomic E-state index is -1.03. The average molecular weight is 274 g/mol. The lowest BCUT2D eigenvalue weighted by Gasteiger charge is -2.12. The van der Waals surface area contributed by atoms with E-state index in [2.05, 4.69) is 31.0 Å². The van der Waals surface area contributed by atoms with E-state index in [-0.39, 0.29) is 0 Å². The first-order valence-electron chi connectivity index (χ1n) is 5.67. The molecule has 3 aromatic heterocycles. The van der Waals surface area contributed by atoms with Crippen LogP contribution in [0.25, 0.3) is 5.65 Å². The lowest BCUT2D eigenvalue weighted by atomic mass is 10.1. The second-order valence-corrected chi connectivity index (χ2v) is 4.11.